The van der Waals surface area contributed by atoms with Gasteiger partial charge in [-0.1, -0.05) is 19.8 Å². The fraction of sp³-hybridized carbons (Fsp3) is 0.833. The van der Waals surface area contributed by atoms with Gasteiger partial charge >= 0.3 is 41.5 Å². The van der Waals surface area contributed by atoms with Gasteiger partial charge in [-0.3, -0.25) is 14.1 Å². The second-order valence-corrected chi connectivity index (χ2v) is 6.00. The van der Waals surface area contributed by atoms with Crippen molar-refractivity contribution in [2.45, 2.75) is 57.8 Å². The molecule has 0 heterocycles. The van der Waals surface area contributed by atoms with Gasteiger partial charge in [-0.2, -0.15) is 8.42 Å². The fourth-order valence-corrected chi connectivity index (χ4v) is 2.18. The molecule has 21 heavy (non-hydrogen) atoms. The molecule has 9 heteroatoms. The molecule has 0 aliphatic heterocycles. The molecule has 0 saturated carbocycles. The van der Waals surface area contributed by atoms with Crippen LogP contribution in [-0.2, 0) is 29.2 Å². The van der Waals surface area contributed by atoms with E-state index in [-0.39, 0.29) is 42.3 Å². The number of carbonyl (C=O) groups is 2. The Morgan fingerprint density at radius 1 is 1.24 bits per heavy atom. The summed E-state index contributed by atoms with van der Waals surface area (Å²) in [7, 11) is -4.71. The van der Waals surface area contributed by atoms with Crippen LogP contribution in [0.4, 0.5) is 0 Å². The van der Waals surface area contributed by atoms with Crippen LogP contribution in [0.1, 0.15) is 46.5 Å². The van der Waals surface area contributed by atoms with Crippen molar-refractivity contribution < 1.29 is 32.0 Å². The van der Waals surface area contributed by atoms with E-state index in [0.717, 1.165) is 12.8 Å². The van der Waals surface area contributed by atoms with Crippen LogP contribution in [-0.4, -0.2) is 72.4 Å². The van der Waals surface area contributed by atoms with Gasteiger partial charge in [-0.15, -0.1) is 0 Å². The molecular weight excluding hydrogens is 311 g/mol. The molecule has 0 aliphatic rings. The van der Waals surface area contributed by atoms with Gasteiger partial charge in [0.15, 0.2) is 5.25 Å². The molecule has 2 unspecified atom stereocenters. The van der Waals surface area contributed by atoms with Gasteiger partial charge in [-0.25, -0.2) is 0 Å². The van der Waals surface area contributed by atoms with Gasteiger partial charge in [0.05, 0.1) is 19.1 Å². The number of hydrogen-bond donors (Lipinski definition) is 1. The summed E-state index contributed by atoms with van der Waals surface area (Å²) < 4.78 is 40.6. The number of rotatable bonds is 9. The molecule has 0 bridgehead atoms. The number of carbonyl (C=O) groups excluding carboxylic acids is 2. The predicted molar refractivity (Wildman–Crippen MR) is 78.8 cm³/mol. The molecule has 7 nitrogen and oxygen atoms in total. The van der Waals surface area contributed by atoms with E-state index >= 15 is 0 Å². The van der Waals surface area contributed by atoms with E-state index in [0.29, 0.717) is 6.42 Å². The standard InChI is InChI=1S/C12H22O7S.Na.H/c1-4-6-7-9(3)19-11(13)8-10(20(15,16)17)12(14)18-5-2;;/h9-10H,4-8H2,1-3H3,(H,15,16,17);;. The van der Waals surface area contributed by atoms with Crippen molar-refractivity contribution in [2.75, 3.05) is 6.61 Å². The zero-order valence-electron chi connectivity index (χ0n) is 12.0. The van der Waals surface area contributed by atoms with E-state index in [2.05, 4.69) is 4.74 Å². The van der Waals surface area contributed by atoms with Crippen LogP contribution in [0, 0.1) is 0 Å². The molecule has 120 valence electrons. The molecule has 0 aromatic heterocycles. The van der Waals surface area contributed by atoms with Crippen molar-refractivity contribution in [2.24, 2.45) is 0 Å². The maximum atomic E-state index is 11.6. The molecule has 2 atom stereocenters. The van der Waals surface area contributed by atoms with Crippen LogP contribution in [0.15, 0.2) is 0 Å². The molecule has 0 spiro atoms. The third-order valence-corrected chi connectivity index (χ3v) is 3.64. The number of esters is 2. The van der Waals surface area contributed by atoms with Crippen LogP contribution in [0.2, 0.25) is 0 Å². The number of hydrogen-bond acceptors (Lipinski definition) is 6. The molecule has 0 radical (unpaired) electrons. The van der Waals surface area contributed by atoms with Gasteiger partial charge in [0.1, 0.15) is 0 Å². The van der Waals surface area contributed by atoms with Gasteiger partial charge < -0.3 is 9.47 Å². The Bertz CT molecular complexity index is 421. The molecule has 0 fully saturated rings. The summed E-state index contributed by atoms with van der Waals surface area (Å²) in [6.07, 6.45) is 1.34. The predicted octanol–water partition coefficient (Wildman–Crippen LogP) is 0.669. The van der Waals surface area contributed by atoms with Crippen molar-refractivity contribution in [3.63, 3.8) is 0 Å². The summed E-state index contributed by atoms with van der Waals surface area (Å²) in [6, 6.07) is 0. The van der Waals surface area contributed by atoms with E-state index < -0.39 is 33.7 Å². The van der Waals surface area contributed by atoms with Crippen LogP contribution < -0.4 is 0 Å². The average Bonchev–Trinajstić information content (AvgIpc) is 2.32. The quantitative estimate of drug-likeness (QED) is 0.375. The molecule has 0 aromatic carbocycles. The van der Waals surface area contributed by atoms with Crippen molar-refractivity contribution in [3.8, 4) is 0 Å². The van der Waals surface area contributed by atoms with E-state index in [4.69, 9.17) is 9.29 Å². The minimum atomic E-state index is -4.71. The first kappa shape index (κ1) is 23.1. The van der Waals surface area contributed by atoms with Crippen LogP contribution in [0.5, 0.6) is 0 Å². The molecule has 0 aliphatic carbocycles. The van der Waals surface area contributed by atoms with E-state index in [1.165, 1.54) is 6.92 Å². The Kier molecular flexibility index (Phi) is 12.6. The third kappa shape index (κ3) is 10.2. The Labute approximate surface area is 147 Å². The Morgan fingerprint density at radius 2 is 1.81 bits per heavy atom. The van der Waals surface area contributed by atoms with Crippen LogP contribution in [0.3, 0.4) is 0 Å². The Morgan fingerprint density at radius 3 is 2.24 bits per heavy atom. The maximum absolute atomic E-state index is 11.6. The van der Waals surface area contributed by atoms with Crippen LogP contribution in [0.25, 0.3) is 0 Å². The van der Waals surface area contributed by atoms with Crippen molar-refractivity contribution in [3.05, 3.63) is 0 Å². The van der Waals surface area contributed by atoms with E-state index in [1.807, 2.05) is 6.92 Å². The Balaban J connectivity index is 0. The Hall–Kier alpha value is -0.150. The van der Waals surface area contributed by atoms with Crippen molar-refractivity contribution in [1.29, 1.82) is 0 Å². The molecule has 0 saturated heterocycles. The number of unbranched alkanes of at least 4 members (excludes halogenated alkanes) is 1. The topological polar surface area (TPSA) is 107 Å². The summed E-state index contributed by atoms with van der Waals surface area (Å²) in [5, 5.41) is -1.94. The monoisotopic (exact) mass is 334 g/mol. The normalized spacial score (nSPS) is 13.7. The van der Waals surface area contributed by atoms with E-state index in [9.17, 15) is 18.0 Å². The van der Waals surface area contributed by atoms with Gasteiger partial charge in [0.25, 0.3) is 10.1 Å². The second kappa shape index (κ2) is 11.4. The summed E-state index contributed by atoms with van der Waals surface area (Å²) >= 11 is 0. The van der Waals surface area contributed by atoms with E-state index in [1.54, 1.807) is 6.92 Å². The molecule has 0 aromatic rings. The zero-order valence-corrected chi connectivity index (χ0v) is 12.8. The number of ether oxygens (including phenoxy) is 2. The summed E-state index contributed by atoms with van der Waals surface area (Å²) in [5.74, 6) is -2.02. The molecular formula is C12H23NaO7S. The van der Waals surface area contributed by atoms with Crippen LogP contribution >= 0.6 is 0 Å². The molecule has 0 rings (SSSR count). The SMILES string of the molecule is CCCCC(C)OC(=O)CC(C(=O)OCC)S(=O)(=O)O.[NaH]. The van der Waals surface area contributed by atoms with Gasteiger partial charge in [0, 0.05) is 0 Å². The third-order valence-electron chi connectivity index (χ3n) is 2.56. The van der Waals surface area contributed by atoms with Crippen molar-refractivity contribution >= 4 is 51.6 Å². The first-order valence-electron chi connectivity index (χ1n) is 6.54. The molecule has 1 N–H and O–H groups in total. The second-order valence-electron chi connectivity index (χ2n) is 4.40. The zero-order chi connectivity index (χ0) is 15.8. The molecule has 0 amide bonds. The summed E-state index contributed by atoms with van der Waals surface area (Å²) in [4.78, 5) is 23.0. The first-order chi connectivity index (χ1) is 9.22. The fourth-order valence-electron chi connectivity index (χ4n) is 1.52. The summed E-state index contributed by atoms with van der Waals surface area (Å²) in [5.41, 5.74) is 0. The van der Waals surface area contributed by atoms with Gasteiger partial charge in [-0.05, 0) is 20.3 Å². The average molecular weight is 334 g/mol. The van der Waals surface area contributed by atoms with Crippen molar-refractivity contribution in [1.82, 2.24) is 0 Å². The minimum absolute atomic E-state index is 0. The summed E-state index contributed by atoms with van der Waals surface area (Å²) in [6.45, 7) is 5.11. The first-order valence-corrected chi connectivity index (χ1v) is 8.05. The van der Waals surface area contributed by atoms with Gasteiger partial charge in [0.2, 0.25) is 0 Å².